The number of rotatable bonds is 4. The monoisotopic (exact) mass is 511 g/mol. The van der Waals surface area contributed by atoms with E-state index in [1.165, 1.54) is 36.4 Å². The van der Waals surface area contributed by atoms with Crippen molar-refractivity contribution in [2.75, 3.05) is 0 Å². The second kappa shape index (κ2) is 9.16. The first-order chi connectivity index (χ1) is 18.3. The Morgan fingerprint density at radius 2 is 1.00 bits per heavy atom. The van der Waals surface area contributed by atoms with Crippen molar-refractivity contribution in [2.45, 2.75) is 0 Å². The van der Waals surface area contributed by atoms with Crippen molar-refractivity contribution < 1.29 is 4.74 Å². The SMILES string of the molecule is C(=C1Oc2c(sc3ccccc23)-c2ccccc21)[P+](c1ccccc1)(c1ccccc1)c1ccccc1. The third-order valence-electron chi connectivity index (χ3n) is 7.00. The van der Waals surface area contributed by atoms with Gasteiger partial charge in [-0.1, -0.05) is 91.0 Å². The molecule has 3 heteroatoms. The molecule has 5 aromatic carbocycles. The number of thiophene rings is 1. The number of fused-ring (bicyclic) bond motifs is 5. The predicted molar refractivity (Wildman–Crippen MR) is 161 cm³/mol. The molecule has 0 saturated heterocycles. The Bertz CT molecular complexity index is 1640. The zero-order valence-corrected chi connectivity index (χ0v) is 21.8. The van der Waals surface area contributed by atoms with Crippen LogP contribution in [0.5, 0.6) is 5.75 Å². The average Bonchev–Trinajstić information content (AvgIpc) is 3.36. The highest BCUT2D eigenvalue weighted by atomic mass is 32.1. The molecule has 2 heterocycles. The molecule has 0 atom stereocenters. The summed E-state index contributed by atoms with van der Waals surface area (Å²) in [5.74, 6) is 4.34. The molecule has 37 heavy (non-hydrogen) atoms. The van der Waals surface area contributed by atoms with Gasteiger partial charge in [0, 0.05) is 21.2 Å². The van der Waals surface area contributed by atoms with Gasteiger partial charge < -0.3 is 4.74 Å². The fourth-order valence-corrected chi connectivity index (χ4v) is 10.3. The lowest BCUT2D eigenvalue weighted by molar-refractivity contribution is 0.521. The average molecular weight is 512 g/mol. The normalized spacial score (nSPS) is 13.7. The molecule has 0 bridgehead atoms. The molecule has 0 amide bonds. The van der Waals surface area contributed by atoms with E-state index in [9.17, 15) is 0 Å². The standard InChI is InChI=1S/C34H24OPS/c1-4-14-25(15-5-1)36(26-16-6-2-7-17-26,27-18-8-3-9-19-27)24-31-28-20-10-11-21-29(28)34-33(35-31)30-22-12-13-23-32(30)37-34/h1-24H/q+1. The van der Waals surface area contributed by atoms with E-state index in [0.717, 1.165) is 17.1 Å². The summed E-state index contributed by atoms with van der Waals surface area (Å²) < 4.78 is 8.18. The molecule has 0 N–H and O–H groups in total. The summed E-state index contributed by atoms with van der Waals surface area (Å²) in [5, 5.41) is 5.09. The third-order valence-corrected chi connectivity index (χ3v) is 12.1. The van der Waals surface area contributed by atoms with Gasteiger partial charge in [0.25, 0.3) is 0 Å². The fraction of sp³-hybridized carbons (Fsp3) is 0. The van der Waals surface area contributed by atoms with Crippen LogP contribution in [0.2, 0.25) is 0 Å². The van der Waals surface area contributed by atoms with E-state index in [2.05, 4.69) is 145 Å². The van der Waals surface area contributed by atoms with Crippen LogP contribution in [0.25, 0.3) is 26.3 Å². The smallest absolute Gasteiger partial charge is 0.171 e. The summed E-state index contributed by atoms with van der Waals surface area (Å²) >= 11 is 1.81. The second-order valence-corrected chi connectivity index (χ2v) is 13.4. The topological polar surface area (TPSA) is 9.23 Å². The Morgan fingerprint density at radius 1 is 0.514 bits per heavy atom. The van der Waals surface area contributed by atoms with Gasteiger partial charge in [-0.2, -0.15) is 0 Å². The Balaban J connectivity index is 1.56. The van der Waals surface area contributed by atoms with E-state index in [4.69, 9.17) is 4.74 Å². The molecule has 0 radical (unpaired) electrons. The van der Waals surface area contributed by atoms with Gasteiger partial charge >= 0.3 is 0 Å². The Kier molecular flexibility index (Phi) is 5.51. The summed E-state index contributed by atoms with van der Waals surface area (Å²) in [4.78, 5) is 1.21. The van der Waals surface area contributed by atoms with E-state index in [1.54, 1.807) is 0 Å². The van der Waals surface area contributed by atoms with Crippen LogP contribution < -0.4 is 20.7 Å². The number of hydrogen-bond acceptors (Lipinski definition) is 2. The van der Waals surface area contributed by atoms with Crippen molar-refractivity contribution in [1.29, 1.82) is 0 Å². The minimum absolute atomic E-state index is 0.927. The van der Waals surface area contributed by atoms with Crippen molar-refractivity contribution in [2.24, 2.45) is 0 Å². The molecule has 7 rings (SSSR count). The Labute approximate surface area is 221 Å². The fourth-order valence-electron chi connectivity index (χ4n) is 5.29. The molecule has 0 spiro atoms. The molecule has 0 unspecified atom stereocenters. The molecule has 176 valence electrons. The van der Waals surface area contributed by atoms with Gasteiger partial charge in [0.1, 0.15) is 29.0 Å². The highest BCUT2D eigenvalue weighted by molar-refractivity contribution is 7.98. The van der Waals surface area contributed by atoms with Gasteiger partial charge in [0.05, 0.1) is 4.88 Å². The molecule has 1 nitrogen and oxygen atoms in total. The maximum atomic E-state index is 6.93. The molecule has 0 aliphatic carbocycles. The van der Waals surface area contributed by atoms with Crippen LogP contribution in [-0.2, 0) is 0 Å². The van der Waals surface area contributed by atoms with Crippen LogP contribution in [0.15, 0.2) is 145 Å². The minimum Gasteiger partial charge on any atom is -0.451 e. The van der Waals surface area contributed by atoms with Crippen molar-refractivity contribution in [3.05, 3.63) is 151 Å². The van der Waals surface area contributed by atoms with Crippen LogP contribution in [0, 0.1) is 0 Å². The van der Waals surface area contributed by atoms with Gasteiger partial charge in [-0.15, -0.1) is 11.3 Å². The molecule has 1 aliphatic heterocycles. The van der Waals surface area contributed by atoms with Gasteiger partial charge in [0.2, 0.25) is 0 Å². The van der Waals surface area contributed by atoms with E-state index in [0.29, 0.717) is 0 Å². The first-order valence-electron chi connectivity index (χ1n) is 12.4. The highest BCUT2D eigenvalue weighted by Crippen LogP contribution is 2.60. The maximum Gasteiger partial charge on any atom is 0.171 e. The minimum atomic E-state index is -2.21. The summed E-state index contributed by atoms with van der Waals surface area (Å²) in [6.45, 7) is 0. The maximum absolute atomic E-state index is 6.93. The zero-order valence-electron chi connectivity index (χ0n) is 20.1. The second-order valence-electron chi connectivity index (χ2n) is 9.13. The predicted octanol–water partition coefficient (Wildman–Crippen LogP) is 8.25. The summed E-state index contributed by atoms with van der Waals surface area (Å²) in [7, 11) is -2.21. The Hall–Kier alpha value is -3.97. The van der Waals surface area contributed by atoms with Crippen LogP contribution in [0.3, 0.4) is 0 Å². The molecule has 1 aliphatic rings. The highest BCUT2D eigenvalue weighted by Gasteiger charge is 2.45. The largest absolute Gasteiger partial charge is 0.451 e. The van der Waals surface area contributed by atoms with Crippen LogP contribution in [-0.4, -0.2) is 0 Å². The van der Waals surface area contributed by atoms with Crippen molar-refractivity contribution in [1.82, 2.24) is 0 Å². The lowest BCUT2D eigenvalue weighted by Gasteiger charge is -2.27. The first-order valence-corrected chi connectivity index (χ1v) is 15.1. The molecular weight excluding hydrogens is 487 g/mol. The Morgan fingerprint density at radius 3 is 1.59 bits per heavy atom. The number of benzene rings is 5. The molecule has 6 aromatic rings. The lowest BCUT2D eigenvalue weighted by Crippen LogP contribution is -2.30. The van der Waals surface area contributed by atoms with E-state index in [1.807, 2.05) is 11.3 Å². The van der Waals surface area contributed by atoms with Crippen LogP contribution in [0.4, 0.5) is 0 Å². The quantitative estimate of drug-likeness (QED) is 0.217. The van der Waals surface area contributed by atoms with E-state index in [-0.39, 0.29) is 0 Å². The summed E-state index contributed by atoms with van der Waals surface area (Å²) in [6, 6.07) is 50.0. The molecule has 1 aromatic heterocycles. The molecule has 0 fully saturated rings. The summed E-state index contributed by atoms with van der Waals surface area (Å²) in [6.07, 6.45) is 0. The van der Waals surface area contributed by atoms with E-state index < -0.39 is 7.26 Å². The molecule has 0 saturated carbocycles. The van der Waals surface area contributed by atoms with Crippen LogP contribution in [0.1, 0.15) is 5.56 Å². The van der Waals surface area contributed by atoms with Gasteiger partial charge in [-0.3, -0.25) is 0 Å². The van der Waals surface area contributed by atoms with Gasteiger partial charge in [-0.25, -0.2) is 0 Å². The first kappa shape index (κ1) is 22.2. The van der Waals surface area contributed by atoms with Gasteiger partial charge in [-0.05, 0) is 48.5 Å². The van der Waals surface area contributed by atoms with Crippen molar-refractivity contribution >= 4 is 50.4 Å². The molecular formula is C34H24OPS+. The van der Waals surface area contributed by atoms with Gasteiger partial charge in [0.15, 0.2) is 11.5 Å². The van der Waals surface area contributed by atoms with Crippen molar-refractivity contribution in [3.8, 4) is 16.2 Å². The number of hydrogen-bond donors (Lipinski definition) is 0. The number of ether oxygens (including phenoxy) is 1. The van der Waals surface area contributed by atoms with E-state index >= 15 is 0 Å². The zero-order chi connectivity index (χ0) is 24.7. The summed E-state index contributed by atoms with van der Waals surface area (Å²) in [5.41, 5.74) is 2.39. The third kappa shape index (κ3) is 3.64. The lowest BCUT2D eigenvalue weighted by atomic mass is 10.0. The van der Waals surface area contributed by atoms with Crippen molar-refractivity contribution in [3.63, 3.8) is 0 Å². The van der Waals surface area contributed by atoms with Crippen LogP contribution >= 0.6 is 18.6 Å².